The minimum Gasteiger partial charge on any atom is -0.445 e. The predicted octanol–water partition coefficient (Wildman–Crippen LogP) is 4.82. The molecule has 1 aromatic heterocycles. The lowest BCUT2D eigenvalue weighted by molar-refractivity contribution is 0.140. The lowest BCUT2D eigenvalue weighted by atomic mass is 10.1. The predicted molar refractivity (Wildman–Crippen MR) is 111 cm³/mol. The first-order chi connectivity index (χ1) is 13.6. The molecule has 3 aromatic rings. The molecule has 0 aliphatic carbocycles. The molecule has 0 aliphatic rings. The maximum atomic E-state index is 11.7. The van der Waals surface area contributed by atoms with E-state index in [1.807, 2.05) is 79.2 Å². The fourth-order valence-electron chi connectivity index (χ4n) is 2.90. The van der Waals surface area contributed by atoms with E-state index in [1.54, 1.807) is 0 Å². The second kappa shape index (κ2) is 9.55. The van der Waals surface area contributed by atoms with Crippen molar-refractivity contribution in [3.63, 3.8) is 0 Å². The van der Waals surface area contributed by atoms with E-state index in [-0.39, 0.29) is 6.61 Å². The first kappa shape index (κ1) is 19.4. The summed E-state index contributed by atoms with van der Waals surface area (Å²) in [6, 6.07) is 19.9. The van der Waals surface area contributed by atoms with Crippen molar-refractivity contribution < 1.29 is 9.53 Å². The van der Waals surface area contributed by atoms with Crippen molar-refractivity contribution >= 4 is 12.2 Å². The molecule has 0 spiro atoms. The number of alkyl carbamates (subject to hydrolysis) is 1. The normalized spacial score (nSPS) is 10.9. The van der Waals surface area contributed by atoms with Gasteiger partial charge in [0.25, 0.3) is 0 Å². The van der Waals surface area contributed by atoms with Crippen LogP contribution < -0.4 is 5.32 Å². The minimum absolute atomic E-state index is 0.279. The average Bonchev–Trinajstić information content (AvgIpc) is 3.05. The highest BCUT2D eigenvalue weighted by Gasteiger charge is 2.04. The molecule has 2 aromatic carbocycles. The smallest absolute Gasteiger partial charge is 0.407 e. The van der Waals surface area contributed by atoms with Crippen LogP contribution in [-0.2, 0) is 11.3 Å². The van der Waals surface area contributed by atoms with E-state index in [9.17, 15) is 4.79 Å². The third kappa shape index (κ3) is 5.58. The summed E-state index contributed by atoms with van der Waals surface area (Å²) in [7, 11) is 0. The van der Waals surface area contributed by atoms with Crippen molar-refractivity contribution in [2.24, 2.45) is 0 Å². The van der Waals surface area contributed by atoms with Gasteiger partial charge in [0, 0.05) is 12.2 Å². The van der Waals surface area contributed by atoms with Crippen molar-refractivity contribution in [2.75, 3.05) is 6.54 Å². The van der Waals surface area contributed by atoms with Gasteiger partial charge in [-0.25, -0.2) is 9.48 Å². The highest BCUT2D eigenvalue weighted by atomic mass is 16.5. The van der Waals surface area contributed by atoms with E-state index in [0.29, 0.717) is 6.54 Å². The average molecular weight is 375 g/mol. The molecule has 0 saturated heterocycles. The number of hydrogen-bond acceptors (Lipinski definition) is 3. The second-order valence-corrected chi connectivity index (χ2v) is 6.61. The molecule has 1 heterocycles. The Labute approximate surface area is 165 Å². The maximum Gasteiger partial charge on any atom is 0.407 e. The molecular weight excluding hydrogens is 350 g/mol. The number of benzene rings is 2. The third-order valence-corrected chi connectivity index (χ3v) is 4.23. The van der Waals surface area contributed by atoms with E-state index in [1.165, 1.54) is 0 Å². The van der Waals surface area contributed by atoms with E-state index in [0.717, 1.165) is 34.6 Å². The van der Waals surface area contributed by atoms with Crippen LogP contribution in [0.15, 0.2) is 66.7 Å². The van der Waals surface area contributed by atoms with Gasteiger partial charge in [-0.05, 0) is 49.6 Å². The standard InChI is InChI=1S/C23H25N3O2/c1-18-15-19(2)26(25-18)22-13-8-12-20(16-22)9-6-7-14-24-23(27)28-17-21-10-4-3-5-11-21/h3-6,8-13,15-16H,7,14,17H2,1-2H3,(H,24,27). The Morgan fingerprint density at radius 3 is 2.68 bits per heavy atom. The summed E-state index contributed by atoms with van der Waals surface area (Å²) in [5, 5.41) is 7.28. The van der Waals surface area contributed by atoms with Gasteiger partial charge in [0.15, 0.2) is 0 Å². The molecule has 144 valence electrons. The van der Waals surface area contributed by atoms with Crippen LogP contribution in [0.25, 0.3) is 11.8 Å². The lowest BCUT2D eigenvalue weighted by Crippen LogP contribution is -2.24. The van der Waals surface area contributed by atoms with E-state index < -0.39 is 6.09 Å². The fourth-order valence-corrected chi connectivity index (χ4v) is 2.90. The van der Waals surface area contributed by atoms with Gasteiger partial charge in [0.1, 0.15) is 6.61 Å². The van der Waals surface area contributed by atoms with Gasteiger partial charge in [-0.1, -0.05) is 54.6 Å². The Hall–Kier alpha value is -3.34. The van der Waals surface area contributed by atoms with Gasteiger partial charge < -0.3 is 10.1 Å². The van der Waals surface area contributed by atoms with Gasteiger partial charge in [-0.3, -0.25) is 0 Å². The molecule has 0 fully saturated rings. The number of amides is 1. The van der Waals surface area contributed by atoms with Gasteiger partial charge in [-0.2, -0.15) is 5.10 Å². The number of hydrogen-bond donors (Lipinski definition) is 1. The number of nitrogens with one attached hydrogen (secondary N) is 1. The van der Waals surface area contributed by atoms with Gasteiger partial charge in [0.05, 0.1) is 11.4 Å². The SMILES string of the molecule is Cc1cc(C)n(-c2cccc(C=CCCNC(=O)OCc3ccccc3)c2)n1. The summed E-state index contributed by atoms with van der Waals surface area (Å²) in [6.07, 6.45) is 4.41. The van der Waals surface area contributed by atoms with Gasteiger partial charge in [-0.15, -0.1) is 0 Å². The zero-order valence-electron chi connectivity index (χ0n) is 16.3. The number of ether oxygens (including phenoxy) is 1. The Morgan fingerprint density at radius 2 is 1.93 bits per heavy atom. The molecule has 1 N–H and O–H groups in total. The third-order valence-electron chi connectivity index (χ3n) is 4.23. The zero-order valence-corrected chi connectivity index (χ0v) is 16.3. The van der Waals surface area contributed by atoms with E-state index in [4.69, 9.17) is 4.74 Å². The maximum absolute atomic E-state index is 11.7. The topological polar surface area (TPSA) is 56.2 Å². The number of aromatic nitrogens is 2. The number of carbonyl (C=O) groups excluding carboxylic acids is 1. The summed E-state index contributed by atoms with van der Waals surface area (Å²) in [5.74, 6) is 0. The van der Waals surface area contributed by atoms with Crippen LogP contribution in [0.2, 0.25) is 0 Å². The first-order valence-electron chi connectivity index (χ1n) is 9.36. The lowest BCUT2D eigenvalue weighted by Gasteiger charge is -2.06. The number of aryl methyl sites for hydroxylation is 2. The van der Waals surface area contributed by atoms with Gasteiger partial charge in [0.2, 0.25) is 0 Å². The van der Waals surface area contributed by atoms with Crippen molar-refractivity contribution in [3.05, 3.63) is 89.3 Å². The van der Waals surface area contributed by atoms with Crippen LogP contribution >= 0.6 is 0 Å². The second-order valence-electron chi connectivity index (χ2n) is 6.61. The molecule has 0 atom stereocenters. The Bertz CT molecular complexity index is 945. The summed E-state index contributed by atoms with van der Waals surface area (Å²) in [5.41, 5.74) is 5.22. The van der Waals surface area contributed by atoms with Crippen LogP contribution in [0.1, 0.15) is 28.9 Å². The van der Waals surface area contributed by atoms with Crippen molar-refractivity contribution in [1.29, 1.82) is 0 Å². The van der Waals surface area contributed by atoms with E-state index >= 15 is 0 Å². The number of carbonyl (C=O) groups is 1. The molecular formula is C23H25N3O2. The highest BCUT2D eigenvalue weighted by Crippen LogP contribution is 2.14. The first-order valence-corrected chi connectivity index (χ1v) is 9.36. The zero-order chi connectivity index (χ0) is 19.8. The van der Waals surface area contributed by atoms with Crippen LogP contribution in [0, 0.1) is 13.8 Å². The Kier molecular flexibility index (Phi) is 6.63. The van der Waals surface area contributed by atoms with E-state index in [2.05, 4.69) is 22.5 Å². The molecule has 3 rings (SSSR count). The largest absolute Gasteiger partial charge is 0.445 e. The van der Waals surface area contributed by atoms with Crippen LogP contribution in [0.5, 0.6) is 0 Å². The van der Waals surface area contributed by atoms with Crippen molar-refractivity contribution in [3.8, 4) is 5.69 Å². The molecule has 28 heavy (non-hydrogen) atoms. The fraction of sp³-hybridized carbons (Fsp3) is 0.217. The molecule has 1 amide bonds. The molecule has 0 aliphatic heterocycles. The number of nitrogens with zero attached hydrogens (tertiary/aromatic N) is 2. The minimum atomic E-state index is -0.399. The summed E-state index contributed by atoms with van der Waals surface area (Å²) >= 11 is 0. The Morgan fingerprint density at radius 1 is 1.11 bits per heavy atom. The van der Waals surface area contributed by atoms with Gasteiger partial charge >= 0.3 is 6.09 Å². The summed E-state index contributed by atoms with van der Waals surface area (Å²) in [4.78, 5) is 11.7. The number of rotatable bonds is 7. The molecule has 0 bridgehead atoms. The van der Waals surface area contributed by atoms with Crippen LogP contribution in [0.3, 0.4) is 0 Å². The summed E-state index contributed by atoms with van der Waals surface area (Å²) < 4.78 is 7.13. The monoisotopic (exact) mass is 375 g/mol. The van der Waals surface area contributed by atoms with Crippen molar-refractivity contribution in [1.82, 2.24) is 15.1 Å². The van der Waals surface area contributed by atoms with Crippen LogP contribution in [-0.4, -0.2) is 22.4 Å². The highest BCUT2D eigenvalue weighted by molar-refractivity contribution is 5.67. The Balaban J connectivity index is 1.44. The molecule has 0 radical (unpaired) electrons. The molecule has 5 heteroatoms. The van der Waals surface area contributed by atoms with Crippen LogP contribution in [0.4, 0.5) is 4.79 Å². The molecule has 5 nitrogen and oxygen atoms in total. The van der Waals surface area contributed by atoms with Crippen molar-refractivity contribution in [2.45, 2.75) is 26.9 Å². The quantitative estimate of drug-likeness (QED) is 0.603. The summed E-state index contributed by atoms with van der Waals surface area (Å²) in [6.45, 7) is 4.85. The molecule has 0 unspecified atom stereocenters. The molecule has 0 saturated carbocycles.